The zero-order chi connectivity index (χ0) is 7.78. The van der Waals surface area contributed by atoms with Gasteiger partial charge in [-0.05, 0) is 25.8 Å². The van der Waals surface area contributed by atoms with Gasteiger partial charge in [0.2, 0.25) is 0 Å². The van der Waals surface area contributed by atoms with E-state index in [1.54, 1.807) is 7.05 Å². The minimum absolute atomic E-state index is 0.273. The number of hydrogen-bond donors (Lipinski definition) is 2. The number of rotatable bonds is 2. The number of carbonyl (C=O) groups is 1. The second kappa shape index (κ2) is 2.23. The van der Waals surface area contributed by atoms with E-state index in [0.29, 0.717) is 0 Å². The summed E-state index contributed by atoms with van der Waals surface area (Å²) in [7, 11) is 1.71. The third-order valence-corrected chi connectivity index (χ3v) is 2.64. The van der Waals surface area contributed by atoms with Crippen LogP contribution in [0.3, 0.4) is 0 Å². The van der Waals surface area contributed by atoms with Gasteiger partial charge in [0, 0.05) is 0 Å². The lowest BCUT2D eigenvalue weighted by Crippen LogP contribution is -2.61. The van der Waals surface area contributed by atoms with E-state index >= 15 is 0 Å². The molecule has 0 spiro atoms. The molecule has 2 unspecified atom stereocenters. The zero-order valence-electron chi connectivity index (χ0n) is 6.35. The first-order valence-electron chi connectivity index (χ1n) is 3.56. The number of carboxylic acids is 1. The summed E-state index contributed by atoms with van der Waals surface area (Å²) in [6.07, 6.45) is 1.78. The minimum Gasteiger partial charge on any atom is -0.480 e. The maximum absolute atomic E-state index is 10.7. The summed E-state index contributed by atoms with van der Waals surface area (Å²) >= 11 is 0. The Balaban J connectivity index is 2.69. The third-order valence-electron chi connectivity index (χ3n) is 2.64. The predicted octanol–water partition coefficient (Wildman–Crippen LogP) is 0.459. The van der Waals surface area contributed by atoms with Crippen molar-refractivity contribution in [1.82, 2.24) is 5.32 Å². The number of likely N-dealkylation sites (N-methyl/N-ethyl adjacent to an activating group) is 1. The van der Waals surface area contributed by atoms with E-state index < -0.39 is 11.5 Å². The summed E-state index contributed by atoms with van der Waals surface area (Å²) in [6.45, 7) is 1.97. The molecule has 1 aliphatic rings. The topological polar surface area (TPSA) is 49.3 Å². The van der Waals surface area contributed by atoms with Gasteiger partial charge in [0.15, 0.2) is 0 Å². The molecule has 0 saturated heterocycles. The fourth-order valence-electron chi connectivity index (χ4n) is 1.52. The Kier molecular flexibility index (Phi) is 1.68. The summed E-state index contributed by atoms with van der Waals surface area (Å²) in [4.78, 5) is 10.7. The Hall–Kier alpha value is -0.570. The zero-order valence-corrected chi connectivity index (χ0v) is 6.35. The molecular weight excluding hydrogens is 130 g/mol. The van der Waals surface area contributed by atoms with Gasteiger partial charge < -0.3 is 10.4 Å². The molecule has 1 saturated carbocycles. The van der Waals surface area contributed by atoms with Gasteiger partial charge in [-0.15, -0.1) is 0 Å². The molecule has 2 atom stereocenters. The molecule has 0 aromatic rings. The lowest BCUT2D eigenvalue weighted by atomic mass is 9.68. The molecule has 0 aromatic carbocycles. The highest BCUT2D eigenvalue weighted by molar-refractivity contribution is 5.80. The molecule has 0 aliphatic heterocycles. The van der Waals surface area contributed by atoms with Gasteiger partial charge in [-0.2, -0.15) is 0 Å². The van der Waals surface area contributed by atoms with Crippen molar-refractivity contribution in [2.45, 2.75) is 25.3 Å². The SMILES string of the molecule is CNC1(C(=O)O)CCC1C. The fourth-order valence-corrected chi connectivity index (χ4v) is 1.52. The lowest BCUT2D eigenvalue weighted by Gasteiger charge is -2.44. The molecule has 1 aliphatic carbocycles. The van der Waals surface area contributed by atoms with Gasteiger partial charge in [-0.25, -0.2) is 0 Å². The fraction of sp³-hybridized carbons (Fsp3) is 0.857. The first kappa shape index (κ1) is 7.54. The van der Waals surface area contributed by atoms with Crippen LogP contribution in [-0.4, -0.2) is 23.7 Å². The van der Waals surface area contributed by atoms with Gasteiger partial charge in [-0.1, -0.05) is 6.92 Å². The Bertz CT molecular complexity index is 154. The molecule has 58 valence electrons. The number of hydrogen-bond acceptors (Lipinski definition) is 2. The van der Waals surface area contributed by atoms with Crippen LogP contribution >= 0.6 is 0 Å². The minimum atomic E-state index is -0.714. The molecule has 3 nitrogen and oxygen atoms in total. The summed E-state index contributed by atoms with van der Waals surface area (Å²) < 4.78 is 0. The predicted molar refractivity (Wildman–Crippen MR) is 37.8 cm³/mol. The highest BCUT2D eigenvalue weighted by Crippen LogP contribution is 2.37. The van der Waals surface area contributed by atoms with E-state index in [1.807, 2.05) is 6.92 Å². The quantitative estimate of drug-likeness (QED) is 0.590. The van der Waals surface area contributed by atoms with Crippen LogP contribution in [0.2, 0.25) is 0 Å². The molecule has 0 bridgehead atoms. The Morgan fingerprint density at radius 3 is 2.40 bits per heavy atom. The largest absolute Gasteiger partial charge is 0.480 e. The monoisotopic (exact) mass is 143 g/mol. The molecule has 0 amide bonds. The van der Waals surface area contributed by atoms with Gasteiger partial charge >= 0.3 is 5.97 Å². The first-order chi connectivity index (χ1) is 4.63. The Morgan fingerprint density at radius 1 is 1.80 bits per heavy atom. The van der Waals surface area contributed by atoms with Gasteiger partial charge in [0.25, 0.3) is 0 Å². The summed E-state index contributed by atoms with van der Waals surface area (Å²) in [5.74, 6) is -0.441. The summed E-state index contributed by atoms with van der Waals surface area (Å²) in [5.41, 5.74) is -0.611. The first-order valence-corrected chi connectivity index (χ1v) is 3.56. The van der Waals surface area contributed by atoms with E-state index in [0.717, 1.165) is 12.8 Å². The number of carboxylic acid groups (broad SMARTS) is 1. The average Bonchev–Trinajstić information content (AvgIpc) is 1.86. The van der Waals surface area contributed by atoms with E-state index in [-0.39, 0.29) is 5.92 Å². The molecule has 0 heterocycles. The second-order valence-corrected chi connectivity index (χ2v) is 2.97. The van der Waals surface area contributed by atoms with Crippen molar-refractivity contribution in [2.24, 2.45) is 5.92 Å². The van der Waals surface area contributed by atoms with Crippen molar-refractivity contribution in [1.29, 1.82) is 0 Å². The summed E-state index contributed by atoms with van der Waals surface area (Å²) in [5, 5.41) is 11.7. The number of aliphatic carboxylic acids is 1. The average molecular weight is 143 g/mol. The van der Waals surface area contributed by atoms with E-state index in [4.69, 9.17) is 5.11 Å². The van der Waals surface area contributed by atoms with Crippen LogP contribution in [0.1, 0.15) is 19.8 Å². The Labute approximate surface area is 60.4 Å². The van der Waals surface area contributed by atoms with E-state index in [1.165, 1.54) is 0 Å². The molecular formula is C7H13NO2. The van der Waals surface area contributed by atoms with Gasteiger partial charge in [0.1, 0.15) is 5.54 Å². The van der Waals surface area contributed by atoms with Crippen molar-refractivity contribution in [3.8, 4) is 0 Å². The van der Waals surface area contributed by atoms with Crippen LogP contribution in [0.5, 0.6) is 0 Å². The normalized spacial score (nSPS) is 38.8. The van der Waals surface area contributed by atoms with Crippen LogP contribution in [0.25, 0.3) is 0 Å². The van der Waals surface area contributed by atoms with Crippen LogP contribution in [-0.2, 0) is 4.79 Å². The molecule has 0 aromatic heterocycles. The summed E-state index contributed by atoms with van der Waals surface area (Å²) in [6, 6.07) is 0. The Morgan fingerprint density at radius 2 is 2.40 bits per heavy atom. The molecule has 3 heteroatoms. The molecule has 1 fully saturated rings. The van der Waals surface area contributed by atoms with Crippen molar-refractivity contribution in [3.05, 3.63) is 0 Å². The van der Waals surface area contributed by atoms with Crippen LogP contribution < -0.4 is 5.32 Å². The molecule has 10 heavy (non-hydrogen) atoms. The molecule has 2 N–H and O–H groups in total. The molecule has 0 radical (unpaired) electrons. The smallest absolute Gasteiger partial charge is 0.324 e. The second-order valence-electron chi connectivity index (χ2n) is 2.97. The van der Waals surface area contributed by atoms with Crippen molar-refractivity contribution < 1.29 is 9.90 Å². The van der Waals surface area contributed by atoms with Crippen LogP contribution in [0.4, 0.5) is 0 Å². The maximum Gasteiger partial charge on any atom is 0.324 e. The van der Waals surface area contributed by atoms with E-state index in [9.17, 15) is 4.79 Å². The number of nitrogens with one attached hydrogen (secondary N) is 1. The van der Waals surface area contributed by atoms with Crippen molar-refractivity contribution in [3.63, 3.8) is 0 Å². The standard InChI is InChI=1S/C7H13NO2/c1-5-3-4-7(5,8-2)6(9)10/h5,8H,3-4H2,1-2H3,(H,9,10). The third kappa shape index (κ3) is 0.736. The highest BCUT2D eigenvalue weighted by Gasteiger charge is 2.49. The van der Waals surface area contributed by atoms with Gasteiger partial charge in [0.05, 0.1) is 0 Å². The van der Waals surface area contributed by atoms with Crippen molar-refractivity contribution in [2.75, 3.05) is 7.05 Å². The van der Waals surface area contributed by atoms with E-state index in [2.05, 4.69) is 5.32 Å². The molecule has 1 rings (SSSR count). The van der Waals surface area contributed by atoms with Crippen LogP contribution in [0.15, 0.2) is 0 Å². The van der Waals surface area contributed by atoms with Crippen molar-refractivity contribution >= 4 is 5.97 Å². The maximum atomic E-state index is 10.7. The van der Waals surface area contributed by atoms with Crippen LogP contribution in [0, 0.1) is 5.92 Å². The van der Waals surface area contributed by atoms with Gasteiger partial charge in [-0.3, -0.25) is 4.79 Å². The highest BCUT2D eigenvalue weighted by atomic mass is 16.4. The lowest BCUT2D eigenvalue weighted by molar-refractivity contribution is -0.152.